The molecule has 0 bridgehead atoms. The molecule has 1 atom stereocenters. The lowest BCUT2D eigenvalue weighted by Gasteiger charge is -2.33. The van der Waals surface area contributed by atoms with E-state index in [0.717, 1.165) is 67.6 Å². The van der Waals surface area contributed by atoms with Gasteiger partial charge in [0.1, 0.15) is 0 Å². The van der Waals surface area contributed by atoms with Crippen LogP contribution in [-0.4, -0.2) is 46.4 Å². The van der Waals surface area contributed by atoms with Crippen molar-refractivity contribution in [1.82, 2.24) is 15.1 Å². The van der Waals surface area contributed by atoms with Crippen LogP contribution >= 0.6 is 0 Å². The zero-order valence-electron chi connectivity index (χ0n) is 15.6. The molecule has 0 unspecified atom stereocenters. The van der Waals surface area contributed by atoms with Crippen LogP contribution in [0.1, 0.15) is 43.7 Å². The van der Waals surface area contributed by atoms with Crippen LogP contribution in [0.2, 0.25) is 0 Å². The fourth-order valence-corrected chi connectivity index (χ4v) is 4.40. The van der Waals surface area contributed by atoms with E-state index in [4.69, 9.17) is 5.11 Å². The van der Waals surface area contributed by atoms with Gasteiger partial charge in [-0.05, 0) is 49.8 Å². The number of aromatic nitrogens is 2. The number of nitrogens with zero attached hydrogens (tertiary/aromatic N) is 3. The highest BCUT2D eigenvalue weighted by Crippen LogP contribution is 2.33. The average Bonchev–Trinajstić information content (AvgIpc) is 2.98. The van der Waals surface area contributed by atoms with Crippen molar-refractivity contribution in [2.75, 3.05) is 24.5 Å². The minimum Gasteiger partial charge on any atom is -0.481 e. The molecule has 2 fully saturated rings. The lowest BCUT2D eigenvalue weighted by Crippen LogP contribution is -2.35. The number of aryl methyl sites for hydroxylation is 1. The van der Waals surface area contributed by atoms with Gasteiger partial charge in [0.15, 0.2) is 0 Å². The van der Waals surface area contributed by atoms with Crippen molar-refractivity contribution < 1.29 is 14.7 Å². The largest absolute Gasteiger partial charge is 0.481 e. The third-order valence-electron chi connectivity index (χ3n) is 5.92. The number of hydrogen-bond donors (Lipinski definition) is 2. The van der Waals surface area contributed by atoms with Crippen molar-refractivity contribution in [2.24, 2.45) is 13.0 Å². The number of rotatable bonds is 4. The van der Waals surface area contributed by atoms with E-state index in [1.807, 2.05) is 11.7 Å². The molecule has 144 valence electrons. The van der Waals surface area contributed by atoms with E-state index in [1.165, 1.54) is 0 Å². The summed E-state index contributed by atoms with van der Waals surface area (Å²) in [5.74, 6) is -0.523. The minimum atomic E-state index is -0.705. The second-order valence-corrected chi connectivity index (χ2v) is 7.72. The van der Waals surface area contributed by atoms with Crippen LogP contribution in [-0.2, 0) is 16.6 Å². The summed E-state index contributed by atoms with van der Waals surface area (Å²) in [6.45, 7) is 2.50. The highest BCUT2D eigenvalue weighted by Gasteiger charge is 2.29. The van der Waals surface area contributed by atoms with Crippen molar-refractivity contribution >= 4 is 28.5 Å². The third kappa shape index (κ3) is 3.50. The smallest absolute Gasteiger partial charge is 0.303 e. The summed E-state index contributed by atoms with van der Waals surface area (Å²) in [6.07, 6.45) is 3.91. The van der Waals surface area contributed by atoms with Crippen LogP contribution in [0.3, 0.4) is 0 Å². The van der Waals surface area contributed by atoms with Gasteiger partial charge in [-0.2, -0.15) is 5.10 Å². The zero-order valence-corrected chi connectivity index (χ0v) is 15.6. The standard InChI is InChI=1S/C20H26N4O3/c1-23-17-12-14(24-9-6-13(7-10-24)11-18(25)26)4-5-15(17)19(22-23)16-3-2-8-21-20(16)27/h4-5,12-13,16H,2-3,6-11H2,1H3,(H,21,27)(H,25,26)/t16-/m0/s1. The molecular formula is C20H26N4O3. The molecule has 7 nitrogen and oxygen atoms in total. The highest BCUT2D eigenvalue weighted by molar-refractivity contribution is 5.92. The number of fused-ring (bicyclic) bond motifs is 1. The number of piperidine rings is 2. The number of hydrogen-bond acceptors (Lipinski definition) is 4. The van der Waals surface area contributed by atoms with Gasteiger partial charge in [0.2, 0.25) is 5.91 Å². The van der Waals surface area contributed by atoms with Gasteiger partial charge in [0, 0.05) is 44.2 Å². The predicted molar refractivity (Wildman–Crippen MR) is 103 cm³/mol. The molecule has 2 aromatic rings. The minimum absolute atomic E-state index is 0.0748. The van der Waals surface area contributed by atoms with Gasteiger partial charge >= 0.3 is 5.97 Å². The monoisotopic (exact) mass is 370 g/mol. The number of amides is 1. The summed E-state index contributed by atoms with van der Waals surface area (Å²) in [5.41, 5.74) is 3.05. The Kier molecular flexibility index (Phi) is 4.76. The topological polar surface area (TPSA) is 87.5 Å². The number of nitrogens with one attached hydrogen (secondary N) is 1. The first kappa shape index (κ1) is 17.8. The maximum absolute atomic E-state index is 12.3. The van der Waals surface area contributed by atoms with Gasteiger partial charge in [-0.3, -0.25) is 14.3 Å². The number of anilines is 1. The Morgan fingerprint density at radius 2 is 2.07 bits per heavy atom. The van der Waals surface area contributed by atoms with E-state index in [9.17, 15) is 9.59 Å². The maximum Gasteiger partial charge on any atom is 0.303 e. The van der Waals surface area contributed by atoms with E-state index in [-0.39, 0.29) is 24.2 Å². The normalized spacial score (nSPS) is 21.4. The van der Waals surface area contributed by atoms with Crippen LogP contribution in [0.15, 0.2) is 18.2 Å². The number of carboxylic acid groups (broad SMARTS) is 1. The van der Waals surface area contributed by atoms with Crippen LogP contribution in [0, 0.1) is 5.92 Å². The predicted octanol–water partition coefficient (Wildman–Crippen LogP) is 2.26. The van der Waals surface area contributed by atoms with Crippen molar-refractivity contribution in [2.45, 2.75) is 38.0 Å². The van der Waals surface area contributed by atoms with E-state index >= 15 is 0 Å². The molecule has 3 heterocycles. The molecule has 0 radical (unpaired) electrons. The second-order valence-electron chi connectivity index (χ2n) is 7.72. The molecular weight excluding hydrogens is 344 g/mol. The summed E-state index contributed by atoms with van der Waals surface area (Å²) in [4.78, 5) is 25.5. The lowest BCUT2D eigenvalue weighted by molar-refractivity contribution is -0.138. The Hall–Kier alpha value is -2.57. The van der Waals surface area contributed by atoms with Crippen LogP contribution in [0.25, 0.3) is 10.9 Å². The van der Waals surface area contributed by atoms with Crippen molar-refractivity contribution in [3.8, 4) is 0 Å². The Morgan fingerprint density at radius 3 is 2.78 bits per heavy atom. The SMILES string of the molecule is Cn1nc([C@@H]2CCCNC2=O)c2ccc(N3CCC(CC(=O)O)CC3)cc21. The molecule has 2 saturated heterocycles. The first-order valence-corrected chi connectivity index (χ1v) is 9.74. The van der Waals surface area contributed by atoms with Gasteiger partial charge in [-0.1, -0.05) is 0 Å². The first-order valence-electron chi connectivity index (χ1n) is 9.74. The quantitative estimate of drug-likeness (QED) is 0.862. The number of carbonyl (C=O) groups excluding carboxylic acids is 1. The van der Waals surface area contributed by atoms with E-state index in [1.54, 1.807) is 0 Å². The molecule has 2 N–H and O–H groups in total. The Balaban J connectivity index is 1.56. The van der Waals surface area contributed by atoms with Crippen LogP contribution in [0.4, 0.5) is 5.69 Å². The Bertz CT molecular complexity index is 867. The van der Waals surface area contributed by atoms with E-state index in [0.29, 0.717) is 0 Å². The van der Waals surface area contributed by atoms with Crippen LogP contribution < -0.4 is 10.2 Å². The molecule has 0 spiro atoms. The molecule has 1 aromatic carbocycles. The molecule has 0 saturated carbocycles. The summed E-state index contributed by atoms with van der Waals surface area (Å²) in [7, 11) is 1.93. The fourth-order valence-electron chi connectivity index (χ4n) is 4.40. The third-order valence-corrected chi connectivity index (χ3v) is 5.92. The zero-order chi connectivity index (χ0) is 19.0. The van der Waals surface area contributed by atoms with Gasteiger partial charge in [0.25, 0.3) is 0 Å². The summed E-state index contributed by atoms with van der Waals surface area (Å²) >= 11 is 0. The van der Waals surface area contributed by atoms with Crippen molar-refractivity contribution in [3.05, 3.63) is 23.9 Å². The molecule has 1 aromatic heterocycles. The second kappa shape index (κ2) is 7.21. The summed E-state index contributed by atoms with van der Waals surface area (Å²) in [5, 5.41) is 17.6. The maximum atomic E-state index is 12.3. The number of aliphatic carboxylic acids is 1. The summed E-state index contributed by atoms with van der Waals surface area (Å²) in [6, 6.07) is 6.33. The Labute approximate surface area is 158 Å². The van der Waals surface area contributed by atoms with Gasteiger partial charge in [-0.25, -0.2) is 0 Å². The highest BCUT2D eigenvalue weighted by atomic mass is 16.4. The average molecular weight is 370 g/mol. The molecule has 1 amide bonds. The molecule has 27 heavy (non-hydrogen) atoms. The lowest BCUT2D eigenvalue weighted by atomic mass is 9.92. The first-order chi connectivity index (χ1) is 13.0. The van der Waals surface area contributed by atoms with Crippen LogP contribution in [0.5, 0.6) is 0 Å². The van der Waals surface area contributed by atoms with Gasteiger partial charge in [0.05, 0.1) is 17.1 Å². The molecule has 2 aliphatic rings. The van der Waals surface area contributed by atoms with Crippen molar-refractivity contribution in [3.63, 3.8) is 0 Å². The van der Waals surface area contributed by atoms with E-state index in [2.05, 4.69) is 33.5 Å². The molecule has 0 aliphatic carbocycles. The van der Waals surface area contributed by atoms with Gasteiger partial charge < -0.3 is 15.3 Å². The summed E-state index contributed by atoms with van der Waals surface area (Å²) < 4.78 is 1.87. The molecule has 4 rings (SSSR count). The number of benzene rings is 1. The van der Waals surface area contributed by atoms with Crippen molar-refractivity contribution in [1.29, 1.82) is 0 Å². The fraction of sp³-hybridized carbons (Fsp3) is 0.550. The van der Waals surface area contributed by atoms with E-state index < -0.39 is 5.97 Å². The van der Waals surface area contributed by atoms with Gasteiger partial charge in [-0.15, -0.1) is 0 Å². The molecule has 2 aliphatic heterocycles. The number of carboxylic acids is 1. The Morgan fingerprint density at radius 1 is 1.30 bits per heavy atom. The molecule has 7 heteroatoms. The number of carbonyl (C=O) groups is 2.